The molecule has 2 N–H and O–H groups in total. The molecule has 3 rings (SSSR count). The van der Waals surface area contributed by atoms with Crippen LogP contribution in [0.15, 0.2) is 54.7 Å². The number of aryl methyl sites for hydroxylation is 1. The number of nitrogens with zero attached hydrogens (tertiary/aromatic N) is 2. The van der Waals surface area contributed by atoms with Crippen LogP contribution in [-0.4, -0.2) is 9.97 Å². The van der Waals surface area contributed by atoms with Gasteiger partial charge in [0.25, 0.3) is 0 Å². The van der Waals surface area contributed by atoms with Crippen LogP contribution in [0.1, 0.15) is 11.1 Å². The van der Waals surface area contributed by atoms with E-state index in [0.29, 0.717) is 17.6 Å². The van der Waals surface area contributed by atoms with Crippen LogP contribution in [0.5, 0.6) is 0 Å². The van der Waals surface area contributed by atoms with Crippen LogP contribution >= 0.6 is 0 Å². The lowest BCUT2D eigenvalue weighted by Crippen LogP contribution is -2.13. The Labute approximate surface area is 146 Å². The second kappa shape index (κ2) is 6.99. The molecule has 0 atom stereocenters. The summed E-state index contributed by atoms with van der Waals surface area (Å²) in [5, 5.41) is 5.47. The van der Waals surface area contributed by atoms with E-state index in [1.165, 1.54) is 24.3 Å². The molecular weight excluding hydrogens is 348 g/mol. The number of anilines is 4. The fraction of sp³-hybridized carbons (Fsp3) is 0.111. The number of halogens is 4. The molecule has 1 aromatic heterocycles. The number of nitrogens with one attached hydrogen (secondary N) is 2. The lowest BCUT2D eigenvalue weighted by Gasteiger charge is -2.16. The number of benzene rings is 2. The maximum Gasteiger partial charge on any atom is 0.421 e. The van der Waals surface area contributed by atoms with E-state index in [1.54, 1.807) is 31.2 Å². The average molecular weight is 362 g/mol. The molecule has 0 aliphatic rings. The van der Waals surface area contributed by atoms with E-state index < -0.39 is 17.6 Å². The van der Waals surface area contributed by atoms with Gasteiger partial charge in [-0.3, -0.25) is 0 Å². The molecule has 0 aliphatic carbocycles. The zero-order valence-electron chi connectivity index (χ0n) is 13.6. The summed E-state index contributed by atoms with van der Waals surface area (Å²) in [6.45, 7) is 1.77. The second-order valence-corrected chi connectivity index (χ2v) is 5.53. The van der Waals surface area contributed by atoms with Gasteiger partial charge in [-0.1, -0.05) is 18.2 Å². The summed E-state index contributed by atoms with van der Waals surface area (Å²) in [6, 6.07) is 12.2. The van der Waals surface area contributed by atoms with Crippen molar-refractivity contribution in [1.82, 2.24) is 9.97 Å². The highest BCUT2D eigenvalue weighted by molar-refractivity contribution is 5.65. The van der Waals surface area contributed by atoms with Crippen molar-refractivity contribution in [3.63, 3.8) is 0 Å². The van der Waals surface area contributed by atoms with Gasteiger partial charge in [-0.25, -0.2) is 9.37 Å². The van der Waals surface area contributed by atoms with Gasteiger partial charge in [-0.2, -0.15) is 18.2 Å². The number of para-hydroxylation sites is 1. The minimum absolute atomic E-state index is 0.0410. The Balaban J connectivity index is 1.96. The summed E-state index contributed by atoms with van der Waals surface area (Å²) in [6.07, 6.45) is -3.90. The number of rotatable bonds is 4. The maximum absolute atomic E-state index is 13.3. The lowest BCUT2D eigenvalue weighted by molar-refractivity contribution is -0.137. The van der Waals surface area contributed by atoms with Gasteiger partial charge in [0, 0.05) is 17.6 Å². The van der Waals surface area contributed by atoms with Crippen LogP contribution in [0.3, 0.4) is 0 Å². The van der Waals surface area contributed by atoms with Gasteiger partial charge < -0.3 is 10.6 Å². The molecule has 0 aliphatic heterocycles. The summed E-state index contributed by atoms with van der Waals surface area (Å²) in [5.74, 6) is -0.835. The largest absolute Gasteiger partial charge is 0.421 e. The first-order valence-electron chi connectivity index (χ1n) is 7.62. The number of hydrogen-bond acceptors (Lipinski definition) is 4. The predicted molar refractivity (Wildman–Crippen MR) is 91.2 cm³/mol. The monoisotopic (exact) mass is 362 g/mol. The molecule has 0 bridgehead atoms. The van der Waals surface area contributed by atoms with Crippen LogP contribution in [0, 0.1) is 12.7 Å². The maximum atomic E-state index is 13.3. The second-order valence-electron chi connectivity index (χ2n) is 5.53. The van der Waals surface area contributed by atoms with Gasteiger partial charge in [-0.15, -0.1) is 0 Å². The fourth-order valence-electron chi connectivity index (χ4n) is 2.25. The fourth-order valence-corrected chi connectivity index (χ4v) is 2.25. The van der Waals surface area contributed by atoms with E-state index in [0.717, 1.165) is 5.56 Å². The van der Waals surface area contributed by atoms with Gasteiger partial charge in [0.05, 0.1) is 0 Å². The zero-order chi connectivity index (χ0) is 18.7. The molecular formula is C18H14F4N4. The normalized spacial score (nSPS) is 11.3. The van der Waals surface area contributed by atoms with Gasteiger partial charge in [-0.05, 0) is 42.8 Å². The zero-order valence-corrected chi connectivity index (χ0v) is 13.6. The van der Waals surface area contributed by atoms with Gasteiger partial charge in [0.15, 0.2) is 0 Å². The predicted octanol–water partition coefficient (Wildman–Crippen LogP) is 5.43. The lowest BCUT2D eigenvalue weighted by atomic mass is 10.2. The third kappa shape index (κ3) is 4.08. The highest BCUT2D eigenvalue weighted by Crippen LogP contribution is 2.35. The Hall–Kier alpha value is -3.16. The molecule has 2 aromatic carbocycles. The molecule has 0 unspecified atom stereocenters. The number of aromatic nitrogens is 2. The summed E-state index contributed by atoms with van der Waals surface area (Å²) < 4.78 is 52.8. The van der Waals surface area contributed by atoms with Gasteiger partial charge in [0.2, 0.25) is 5.95 Å². The molecule has 0 saturated heterocycles. The molecule has 26 heavy (non-hydrogen) atoms. The van der Waals surface area contributed by atoms with E-state index in [4.69, 9.17) is 0 Å². The Bertz CT molecular complexity index is 908. The van der Waals surface area contributed by atoms with Gasteiger partial charge in [0.1, 0.15) is 17.2 Å². The first-order valence-corrected chi connectivity index (χ1v) is 7.62. The van der Waals surface area contributed by atoms with E-state index >= 15 is 0 Å². The van der Waals surface area contributed by atoms with E-state index in [-0.39, 0.29) is 11.8 Å². The van der Waals surface area contributed by atoms with Crippen molar-refractivity contribution in [3.8, 4) is 0 Å². The van der Waals surface area contributed by atoms with Crippen LogP contribution < -0.4 is 10.6 Å². The smallest absolute Gasteiger partial charge is 0.339 e. The SMILES string of the molecule is Cc1ccccc1Nc1nc(Nc2ccc(F)cc2)ncc1C(F)(F)F. The highest BCUT2D eigenvalue weighted by atomic mass is 19.4. The molecule has 0 fully saturated rings. The summed E-state index contributed by atoms with van der Waals surface area (Å²) in [7, 11) is 0. The molecule has 0 radical (unpaired) electrons. The Morgan fingerprint density at radius 2 is 1.62 bits per heavy atom. The molecule has 1 heterocycles. The molecule has 0 saturated carbocycles. The minimum Gasteiger partial charge on any atom is -0.339 e. The van der Waals surface area contributed by atoms with Crippen LogP contribution in [0.2, 0.25) is 0 Å². The molecule has 134 valence electrons. The standard InChI is InChI=1S/C18H14F4N4/c1-11-4-2-3-5-15(11)25-16-14(18(20,21)22)10-23-17(26-16)24-13-8-6-12(19)7-9-13/h2-10H,1H3,(H2,23,24,25,26). The number of alkyl halides is 3. The van der Waals surface area contributed by atoms with Crippen molar-refractivity contribution in [1.29, 1.82) is 0 Å². The summed E-state index contributed by atoms with van der Waals surface area (Å²) >= 11 is 0. The molecule has 0 spiro atoms. The topological polar surface area (TPSA) is 49.8 Å². The summed E-state index contributed by atoms with van der Waals surface area (Å²) in [4.78, 5) is 7.66. The Morgan fingerprint density at radius 1 is 0.923 bits per heavy atom. The van der Waals surface area contributed by atoms with E-state index in [2.05, 4.69) is 20.6 Å². The third-order valence-electron chi connectivity index (χ3n) is 3.59. The van der Waals surface area contributed by atoms with Crippen molar-refractivity contribution in [2.45, 2.75) is 13.1 Å². The first-order chi connectivity index (χ1) is 12.3. The number of hydrogen-bond donors (Lipinski definition) is 2. The third-order valence-corrected chi connectivity index (χ3v) is 3.59. The average Bonchev–Trinajstić information content (AvgIpc) is 2.58. The van der Waals surface area contributed by atoms with Crippen LogP contribution in [0.25, 0.3) is 0 Å². The summed E-state index contributed by atoms with van der Waals surface area (Å²) in [5.41, 5.74) is 0.745. The quantitative estimate of drug-likeness (QED) is 0.608. The minimum atomic E-state index is -4.61. The molecule has 8 heteroatoms. The molecule has 0 amide bonds. The highest BCUT2D eigenvalue weighted by Gasteiger charge is 2.35. The van der Waals surface area contributed by atoms with E-state index in [9.17, 15) is 17.6 Å². The molecule has 3 aromatic rings. The Morgan fingerprint density at radius 3 is 2.27 bits per heavy atom. The van der Waals surface area contributed by atoms with Crippen LogP contribution in [-0.2, 0) is 6.18 Å². The van der Waals surface area contributed by atoms with Crippen molar-refractivity contribution >= 4 is 23.1 Å². The van der Waals surface area contributed by atoms with Crippen LogP contribution in [0.4, 0.5) is 40.7 Å². The van der Waals surface area contributed by atoms with Crippen molar-refractivity contribution < 1.29 is 17.6 Å². The molecule has 4 nitrogen and oxygen atoms in total. The van der Waals surface area contributed by atoms with E-state index in [1.807, 2.05) is 0 Å². The Kier molecular flexibility index (Phi) is 4.75. The van der Waals surface area contributed by atoms with Crippen molar-refractivity contribution in [3.05, 3.63) is 71.7 Å². The van der Waals surface area contributed by atoms with Gasteiger partial charge >= 0.3 is 6.18 Å². The first kappa shape index (κ1) is 17.7. The van der Waals surface area contributed by atoms with Crippen molar-refractivity contribution in [2.24, 2.45) is 0 Å². The van der Waals surface area contributed by atoms with Crippen molar-refractivity contribution in [2.75, 3.05) is 10.6 Å².